The average molecular weight is 159 g/mol. The van der Waals surface area contributed by atoms with Gasteiger partial charge < -0.3 is 15.1 Å². The Kier molecular flexibility index (Phi) is 2.09. The maximum atomic E-state index is 10.9. The second-order valence-corrected chi connectivity index (χ2v) is 2.46. The lowest BCUT2D eigenvalue weighted by Gasteiger charge is -2.11. The van der Waals surface area contributed by atoms with Gasteiger partial charge in [0.15, 0.2) is 0 Å². The van der Waals surface area contributed by atoms with Crippen molar-refractivity contribution in [2.45, 2.75) is 12.5 Å². The zero-order chi connectivity index (χ0) is 8.43. The Morgan fingerprint density at radius 3 is 2.73 bits per heavy atom. The smallest absolute Gasteiger partial charge is 0.323 e. The van der Waals surface area contributed by atoms with Crippen LogP contribution in [-0.4, -0.2) is 46.2 Å². The van der Waals surface area contributed by atoms with Crippen LogP contribution in [0, 0.1) is 0 Å². The van der Waals surface area contributed by atoms with Crippen molar-refractivity contribution in [1.29, 1.82) is 0 Å². The summed E-state index contributed by atoms with van der Waals surface area (Å²) in [6.07, 6.45) is -0.652. The molecule has 1 unspecified atom stereocenters. The molecule has 62 valence electrons. The first-order valence-corrected chi connectivity index (χ1v) is 3.30. The fourth-order valence-corrected chi connectivity index (χ4v) is 1.04. The Labute approximate surface area is 63.2 Å². The predicted octanol–water partition coefficient (Wildman–Crippen LogP) is -1.34. The Morgan fingerprint density at radius 1 is 1.73 bits per heavy atom. The molecule has 2 N–H and O–H groups in total. The molecule has 5 heteroatoms. The molecule has 1 saturated heterocycles. The molecule has 1 atom stereocenters. The number of carboxylic acid groups (broad SMARTS) is 1. The summed E-state index contributed by atoms with van der Waals surface area (Å²) >= 11 is 0. The van der Waals surface area contributed by atoms with E-state index in [0.717, 1.165) is 4.90 Å². The average Bonchev–Trinajstić information content (AvgIpc) is 2.18. The van der Waals surface area contributed by atoms with Crippen molar-refractivity contribution in [1.82, 2.24) is 4.90 Å². The van der Waals surface area contributed by atoms with Crippen molar-refractivity contribution in [3.63, 3.8) is 0 Å². The van der Waals surface area contributed by atoms with Crippen LogP contribution in [0.2, 0.25) is 0 Å². The van der Waals surface area contributed by atoms with E-state index in [1.807, 2.05) is 0 Å². The van der Waals surface area contributed by atoms with E-state index < -0.39 is 18.0 Å². The van der Waals surface area contributed by atoms with E-state index in [9.17, 15) is 9.59 Å². The van der Waals surface area contributed by atoms with Gasteiger partial charge in [-0.1, -0.05) is 0 Å². The molecule has 11 heavy (non-hydrogen) atoms. The highest BCUT2D eigenvalue weighted by atomic mass is 16.4. The summed E-state index contributed by atoms with van der Waals surface area (Å²) in [5, 5.41) is 17.2. The number of aliphatic hydroxyl groups excluding tert-OH is 1. The van der Waals surface area contributed by atoms with Gasteiger partial charge in [-0.3, -0.25) is 9.59 Å². The van der Waals surface area contributed by atoms with Crippen molar-refractivity contribution in [3.8, 4) is 0 Å². The van der Waals surface area contributed by atoms with Crippen LogP contribution in [-0.2, 0) is 9.59 Å². The van der Waals surface area contributed by atoms with E-state index in [0.29, 0.717) is 13.0 Å². The maximum absolute atomic E-state index is 10.9. The van der Waals surface area contributed by atoms with Gasteiger partial charge in [-0.15, -0.1) is 0 Å². The van der Waals surface area contributed by atoms with Crippen molar-refractivity contribution in [2.75, 3.05) is 13.1 Å². The SMILES string of the molecule is O=C(O)CN1CCC(O)C1=O. The molecular formula is C6H9NO4. The van der Waals surface area contributed by atoms with Crippen LogP contribution in [0.15, 0.2) is 0 Å². The molecule has 0 aromatic heterocycles. The van der Waals surface area contributed by atoms with Gasteiger partial charge in [-0.2, -0.15) is 0 Å². The number of amides is 1. The van der Waals surface area contributed by atoms with Crippen molar-refractivity contribution < 1.29 is 19.8 Å². The topological polar surface area (TPSA) is 77.8 Å². The summed E-state index contributed by atoms with van der Waals surface area (Å²) in [6, 6.07) is 0. The van der Waals surface area contributed by atoms with Crippen molar-refractivity contribution in [3.05, 3.63) is 0 Å². The number of carbonyl (C=O) groups excluding carboxylic acids is 1. The minimum atomic E-state index is -1.05. The number of carboxylic acids is 1. The van der Waals surface area contributed by atoms with E-state index in [2.05, 4.69) is 0 Å². The third-order valence-electron chi connectivity index (χ3n) is 1.60. The van der Waals surface area contributed by atoms with Crippen LogP contribution in [0.25, 0.3) is 0 Å². The molecule has 1 heterocycles. The summed E-state index contributed by atoms with van der Waals surface area (Å²) in [5.74, 6) is -1.53. The first-order valence-electron chi connectivity index (χ1n) is 3.30. The van der Waals surface area contributed by atoms with Gasteiger partial charge in [0.25, 0.3) is 5.91 Å². The van der Waals surface area contributed by atoms with Crippen LogP contribution in [0.3, 0.4) is 0 Å². The maximum Gasteiger partial charge on any atom is 0.323 e. The van der Waals surface area contributed by atoms with Crippen LogP contribution in [0.1, 0.15) is 6.42 Å². The first kappa shape index (κ1) is 8.00. The zero-order valence-corrected chi connectivity index (χ0v) is 5.86. The Morgan fingerprint density at radius 2 is 2.36 bits per heavy atom. The van der Waals surface area contributed by atoms with Crippen LogP contribution in [0.4, 0.5) is 0 Å². The molecule has 5 nitrogen and oxygen atoms in total. The van der Waals surface area contributed by atoms with Crippen LogP contribution in [0.5, 0.6) is 0 Å². The number of aliphatic hydroxyl groups is 1. The molecular weight excluding hydrogens is 150 g/mol. The summed E-state index contributed by atoms with van der Waals surface area (Å²) in [5.41, 5.74) is 0. The number of aliphatic carboxylic acids is 1. The molecule has 0 aromatic carbocycles. The molecule has 0 radical (unpaired) electrons. The van der Waals surface area contributed by atoms with Crippen molar-refractivity contribution >= 4 is 11.9 Å². The lowest BCUT2D eigenvalue weighted by Crippen LogP contribution is -2.33. The Bertz CT molecular complexity index is 191. The monoisotopic (exact) mass is 159 g/mol. The molecule has 0 spiro atoms. The summed E-state index contributed by atoms with van der Waals surface area (Å²) < 4.78 is 0. The van der Waals surface area contributed by atoms with Gasteiger partial charge >= 0.3 is 5.97 Å². The minimum absolute atomic E-state index is 0.310. The lowest BCUT2D eigenvalue weighted by molar-refractivity contribution is -0.144. The summed E-state index contributed by atoms with van der Waals surface area (Å²) in [6.45, 7) is 0.0300. The predicted molar refractivity (Wildman–Crippen MR) is 34.8 cm³/mol. The van der Waals surface area contributed by atoms with E-state index >= 15 is 0 Å². The summed E-state index contributed by atoms with van der Waals surface area (Å²) in [7, 11) is 0. The van der Waals surface area contributed by atoms with Gasteiger partial charge in [-0.25, -0.2) is 0 Å². The van der Waals surface area contributed by atoms with Gasteiger partial charge in [-0.05, 0) is 6.42 Å². The van der Waals surface area contributed by atoms with E-state index in [1.165, 1.54) is 0 Å². The second-order valence-electron chi connectivity index (χ2n) is 2.46. The highest BCUT2D eigenvalue weighted by Gasteiger charge is 2.30. The number of hydrogen-bond donors (Lipinski definition) is 2. The fourth-order valence-electron chi connectivity index (χ4n) is 1.04. The molecule has 1 aliphatic heterocycles. The molecule has 1 rings (SSSR count). The highest BCUT2D eigenvalue weighted by molar-refractivity contribution is 5.86. The number of carbonyl (C=O) groups is 2. The van der Waals surface area contributed by atoms with Gasteiger partial charge in [0, 0.05) is 6.54 Å². The molecule has 0 bridgehead atoms. The number of rotatable bonds is 2. The first-order chi connectivity index (χ1) is 5.11. The van der Waals surface area contributed by atoms with E-state index in [-0.39, 0.29) is 6.54 Å². The largest absolute Gasteiger partial charge is 0.480 e. The fraction of sp³-hybridized carbons (Fsp3) is 0.667. The van der Waals surface area contributed by atoms with Crippen LogP contribution < -0.4 is 0 Å². The molecule has 1 amide bonds. The molecule has 0 aromatic rings. The van der Waals surface area contributed by atoms with Gasteiger partial charge in [0.05, 0.1) is 0 Å². The number of hydrogen-bond acceptors (Lipinski definition) is 3. The minimum Gasteiger partial charge on any atom is -0.480 e. The molecule has 1 fully saturated rings. The van der Waals surface area contributed by atoms with Crippen molar-refractivity contribution in [2.24, 2.45) is 0 Å². The molecule has 0 saturated carbocycles. The number of nitrogens with zero attached hydrogens (tertiary/aromatic N) is 1. The Hall–Kier alpha value is -1.10. The zero-order valence-electron chi connectivity index (χ0n) is 5.86. The van der Waals surface area contributed by atoms with Gasteiger partial charge in [0.2, 0.25) is 0 Å². The summed E-state index contributed by atoms with van der Waals surface area (Å²) in [4.78, 5) is 22.1. The van der Waals surface area contributed by atoms with Crippen LogP contribution >= 0.6 is 0 Å². The highest BCUT2D eigenvalue weighted by Crippen LogP contribution is 2.09. The van der Waals surface area contributed by atoms with E-state index in [1.54, 1.807) is 0 Å². The second kappa shape index (κ2) is 2.87. The third-order valence-corrected chi connectivity index (χ3v) is 1.60. The lowest BCUT2D eigenvalue weighted by atomic mass is 10.3. The standard InChI is InChI=1S/C6H9NO4/c8-4-1-2-7(6(4)11)3-5(9)10/h4,8H,1-3H2,(H,9,10). The Balaban J connectivity index is 2.49. The molecule has 1 aliphatic rings. The third kappa shape index (κ3) is 1.68. The molecule has 0 aliphatic carbocycles. The quantitative estimate of drug-likeness (QED) is 0.523. The van der Waals surface area contributed by atoms with E-state index in [4.69, 9.17) is 10.2 Å². The van der Waals surface area contributed by atoms with Gasteiger partial charge in [0.1, 0.15) is 12.6 Å². The normalized spacial score (nSPS) is 24.3. The number of likely N-dealkylation sites (tertiary alicyclic amines) is 1.